The molecule has 2 aromatic heterocycles. The van der Waals surface area contributed by atoms with Crippen molar-refractivity contribution in [1.82, 2.24) is 14.9 Å². The van der Waals surface area contributed by atoms with Crippen LogP contribution in [-0.2, 0) is 13.7 Å². The Kier molecular flexibility index (Phi) is 3.93. The van der Waals surface area contributed by atoms with Crippen molar-refractivity contribution in [2.45, 2.75) is 6.61 Å². The van der Waals surface area contributed by atoms with Gasteiger partial charge in [-0.3, -0.25) is 9.48 Å². The lowest BCUT2D eigenvalue weighted by Gasteiger charge is -2.04. The summed E-state index contributed by atoms with van der Waals surface area (Å²) in [6.07, 6.45) is 2.38. The van der Waals surface area contributed by atoms with Gasteiger partial charge in [0.05, 0.1) is 5.56 Å². The van der Waals surface area contributed by atoms with Crippen LogP contribution in [-0.4, -0.2) is 21.2 Å². The Balaban J connectivity index is 1.89. The summed E-state index contributed by atoms with van der Waals surface area (Å²) in [4.78, 5) is 11.1. The number of hydrogen-bond donors (Lipinski definition) is 0. The first-order valence-electron chi connectivity index (χ1n) is 6.49. The Morgan fingerprint density at radius 2 is 2.09 bits per heavy atom. The Hall–Kier alpha value is -2.60. The number of halogens is 1. The number of nitrogens with zero attached hydrogens (tertiary/aromatic N) is 3. The van der Waals surface area contributed by atoms with E-state index < -0.39 is 0 Å². The minimum absolute atomic E-state index is 0.131. The van der Waals surface area contributed by atoms with Crippen molar-refractivity contribution < 1.29 is 14.1 Å². The molecule has 0 spiro atoms. The van der Waals surface area contributed by atoms with Gasteiger partial charge in [0.15, 0.2) is 6.29 Å². The highest BCUT2D eigenvalue weighted by Gasteiger charge is 2.18. The molecule has 3 rings (SSSR count). The van der Waals surface area contributed by atoms with Crippen LogP contribution in [0.25, 0.3) is 11.3 Å². The lowest BCUT2D eigenvalue weighted by molar-refractivity contribution is 0.108. The van der Waals surface area contributed by atoms with E-state index in [1.54, 1.807) is 48.3 Å². The summed E-state index contributed by atoms with van der Waals surface area (Å²) in [5, 5.41) is 8.69. The molecule has 22 heavy (non-hydrogen) atoms. The van der Waals surface area contributed by atoms with Crippen LogP contribution in [0.15, 0.2) is 41.1 Å². The average molecular weight is 318 g/mol. The van der Waals surface area contributed by atoms with Crippen molar-refractivity contribution >= 4 is 17.9 Å². The highest BCUT2D eigenvalue weighted by Crippen LogP contribution is 2.27. The van der Waals surface area contributed by atoms with E-state index in [9.17, 15) is 4.79 Å². The summed E-state index contributed by atoms with van der Waals surface area (Å²) >= 11 is 5.88. The smallest absolute Gasteiger partial charge is 0.233 e. The second kappa shape index (κ2) is 6.03. The zero-order chi connectivity index (χ0) is 15.5. The molecule has 0 saturated heterocycles. The first-order chi connectivity index (χ1) is 10.7. The lowest BCUT2D eigenvalue weighted by atomic mass is 10.1. The van der Waals surface area contributed by atoms with Gasteiger partial charge in [0.2, 0.25) is 11.6 Å². The van der Waals surface area contributed by atoms with Gasteiger partial charge in [-0.1, -0.05) is 28.9 Å². The van der Waals surface area contributed by atoms with E-state index in [0.717, 1.165) is 5.56 Å². The predicted molar refractivity (Wildman–Crippen MR) is 79.9 cm³/mol. The highest BCUT2D eigenvalue weighted by atomic mass is 35.5. The Morgan fingerprint density at radius 1 is 1.32 bits per heavy atom. The summed E-state index contributed by atoms with van der Waals surface area (Å²) in [6.45, 7) is 0.131. The quantitative estimate of drug-likeness (QED) is 0.676. The van der Waals surface area contributed by atoms with Crippen LogP contribution in [0.4, 0.5) is 0 Å². The zero-order valence-electron chi connectivity index (χ0n) is 11.7. The summed E-state index contributed by atoms with van der Waals surface area (Å²) < 4.78 is 12.3. The molecule has 0 N–H and O–H groups in total. The van der Waals surface area contributed by atoms with Crippen LogP contribution in [0.1, 0.15) is 16.1 Å². The molecule has 0 aliphatic rings. The Labute approximate surface area is 131 Å². The van der Waals surface area contributed by atoms with Gasteiger partial charge < -0.3 is 9.26 Å². The van der Waals surface area contributed by atoms with Gasteiger partial charge in [-0.15, -0.1) is 5.10 Å². The van der Waals surface area contributed by atoms with E-state index in [-0.39, 0.29) is 12.4 Å². The Bertz CT molecular complexity index is 793. The van der Waals surface area contributed by atoms with Crippen LogP contribution in [0.5, 0.6) is 5.88 Å². The fraction of sp³-hybridized carbons (Fsp3) is 0.133. The molecule has 0 atom stereocenters. The largest absolute Gasteiger partial charge is 0.472 e. The number of carbonyl (C=O) groups is 1. The van der Waals surface area contributed by atoms with Gasteiger partial charge in [0, 0.05) is 29.9 Å². The van der Waals surface area contributed by atoms with Gasteiger partial charge in [0.25, 0.3) is 0 Å². The van der Waals surface area contributed by atoms with E-state index in [1.807, 2.05) is 0 Å². The SMILES string of the molecule is Cn1ccc(OCc2c(-c3ccc(Cl)cc3)noc2C=O)n1. The topological polar surface area (TPSA) is 70.2 Å². The average Bonchev–Trinajstić information content (AvgIpc) is 3.11. The molecule has 0 bridgehead atoms. The molecular weight excluding hydrogens is 306 g/mol. The maximum atomic E-state index is 11.1. The van der Waals surface area contributed by atoms with Crippen LogP contribution in [0.2, 0.25) is 5.02 Å². The fourth-order valence-corrected chi connectivity index (χ4v) is 2.13. The molecule has 0 saturated carbocycles. The molecule has 112 valence electrons. The van der Waals surface area contributed by atoms with Gasteiger partial charge in [-0.2, -0.15) is 0 Å². The van der Waals surface area contributed by atoms with Gasteiger partial charge in [0.1, 0.15) is 12.3 Å². The molecule has 0 amide bonds. The third-order valence-corrected chi connectivity index (χ3v) is 3.35. The van der Waals surface area contributed by atoms with Crippen molar-refractivity contribution in [3.8, 4) is 17.1 Å². The molecule has 0 radical (unpaired) electrons. The minimum atomic E-state index is 0.131. The third-order valence-electron chi connectivity index (χ3n) is 3.10. The van der Waals surface area contributed by atoms with E-state index in [0.29, 0.717) is 28.4 Å². The molecular formula is C15H12ClN3O3. The maximum absolute atomic E-state index is 11.1. The standard InChI is InChI=1S/C15H12ClN3O3/c1-19-7-6-14(17-19)21-9-12-13(8-20)22-18-15(12)10-2-4-11(16)5-3-10/h2-8H,9H2,1H3. The van der Waals surface area contributed by atoms with E-state index >= 15 is 0 Å². The number of aryl methyl sites for hydroxylation is 1. The summed E-state index contributed by atoms with van der Waals surface area (Å²) in [5.41, 5.74) is 1.92. The van der Waals surface area contributed by atoms with Crippen molar-refractivity contribution in [2.75, 3.05) is 0 Å². The summed E-state index contributed by atoms with van der Waals surface area (Å²) in [7, 11) is 1.79. The molecule has 7 heteroatoms. The third kappa shape index (κ3) is 2.87. The molecule has 1 aromatic carbocycles. The Morgan fingerprint density at radius 3 is 2.73 bits per heavy atom. The first-order valence-corrected chi connectivity index (χ1v) is 6.87. The molecule has 0 fully saturated rings. The number of hydrogen-bond acceptors (Lipinski definition) is 5. The molecule has 3 aromatic rings. The molecule has 6 nitrogen and oxygen atoms in total. The number of carbonyl (C=O) groups excluding carboxylic acids is 1. The van der Waals surface area contributed by atoms with E-state index in [1.165, 1.54) is 0 Å². The fourth-order valence-electron chi connectivity index (χ4n) is 2.01. The number of benzene rings is 1. The van der Waals surface area contributed by atoms with Crippen LogP contribution < -0.4 is 4.74 Å². The monoisotopic (exact) mass is 317 g/mol. The van der Waals surface area contributed by atoms with E-state index in [2.05, 4.69) is 10.3 Å². The molecule has 0 aliphatic carbocycles. The summed E-state index contributed by atoms with van der Waals surface area (Å²) in [6, 6.07) is 8.83. The lowest BCUT2D eigenvalue weighted by Crippen LogP contribution is -2.00. The predicted octanol–water partition coefficient (Wildman–Crippen LogP) is 3.12. The number of aldehydes is 1. The van der Waals surface area contributed by atoms with E-state index in [4.69, 9.17) is 20.9 Å². The van der Waals surface area contributed by atoms with Gasteiger partial charge in [-0.25, -0.2) is 0 Å². The van der Waals surface area contributed by atoms with Crippen molar-refractivity contribution in [2.24, 2.45) is 7.05 Å². The van der Waals surface area contributed by atoms with Crippen LogP contribution >= 0.6 is 11.6 Å². The van der Waals surface area contributed by atoms with Crippen LogP contribution in [0, 0.1) is 0 Å². The second-order valence-electron chi connectivity index (χ2n) is 4.62. The minimum Gasteiger partial charge on any atom is -0.472 e. The number of rotatable bonds is 5. The van der Waals surface area contributed by atoms with Gasteiger partial charge >= 0.3 is 0 Å². The van der Waals surface area contributed by atoms with Gasteiger partial charge in [-0.05, 0) is 12.1 Å². The van der Waals surface area contributed by atoms with Crippen LogP contribution in [0.3, 0.4) is 0 Å². The molecule has 0 aliphatic heterocycles. The first kappa shape index (κ1) is 14.3. The van der Waals surface area contributed by atoms with Crippen molar-refractivity contribution in [1.29, 1.82) is 0 Å². The molecule has 2 heterocycles. The highest BCUT2D eigenvalue weighted by molar-refractivity contribution is 6.30. The van der Waals surface area contributed by atoms with Crippen molar-refractivity contribution in [3.05, 3.63) is 52.9 Å². The molecule has 0 unspecified atom stereocenters. The number of ether oxygens (including phenoxy) is 1. The van der Waals surface area contributed by atoms with Crippen molar-refractivity contribution in [3.63, 3.8) is 0 Å². The zero-order valence-corrected chi connectivity index (χ0v) is 12.4. The maximum Gasteiger partial charge on any atom is 0.233 e. The normalized spacial score (nSPS) is 10.6. The number of aromatic nitrogens is 3. The summed E-state index contributed by atoms with van der Waals surface area (Å²) in [5.74, 6) is 0.600. The second-order valence-corrected chi connectivity index (χ2v) is 5.05.